The third-order valence-corrected chi connectivity index (χ3v) is 5.53. The standard InChI is InChI=1S/C23H24N2O4/c1-15-19-14-18(28-2)8-9-20(19)29-21(15)23(27)25-12-10-16(11-13-25)22(26)24-17-6-4-3-5-7-17/h3-9,14,16H,10-13H2,1-2H3,(H,24,26). The lowest BCUT2D eigenvalue weighted by Gasteiger charge is -2.31. The van der Waals surface area contributed by atoms with Gasteiger partial charge in [0.1, 0.15) is 11.3 Å². The number of ether oxygens (including phenoxy) is 1. The van der Waals surface area contributed by atoms with Gasteiger partial charge in [0.2, 0.25) is 5.91 Å². The molecule has 0 aliphatic carbocycles. The average molecular weight is 392 g/mol. The van der Waals surface area contributed by atoms with Crippen molar-refractivity contribution in [2.24, 2.45) is 5.92 Å². The van der Waals surface area contributed by atoms with E-state index in [-0.39, 0.29) is 17.7 Å². The van der Waals surface area contributed by atoms with Gasteiger partial charge in [0, 0.05) is 35.6 Å². The highest BCUT2D eigenvalue weighted by atomic mass is 16.5. The molecule has 0 atom stereocenters. The maximum atomic E-state index is 13.0. The molecule has 1 saturated heterocycles. The van der Waals surface area contributed by atoms with E-state index in [1.807, 2.05) is 55.5 Å². The largest absolute Gasteiger partial charge is 0.497 e. The van der Waals surface area contributed by atoms with E-state index in [2.05, 4.69) is 5.32 Å². The minimum atomic E-state index is -0.125. The number of nitrogens with zero attached hydrogens (tertiary/aromatic N) is 1. The van der Waals surface area contributed by atoms with Gasteiger partial charge in [-0.15, -0.1) is 0 Å². The Morgan fingerprint density at radius 3 is 2.52 bits per heavy atom. The zero-order valence-corrected chi connectivity index (χ0v) is 16.6. The van der Waals surface area contributed by atoms with E-state index in [9.17, 15) is 9.59 Å². The molecule has 6 heteroatoms. The minimum absolute atomic E-state index is 0.00955. The molecule has 0 spiro atoms. The average Bonchev–Trinajstić information content (AvgIpc) is 3.09. The summed E-state index contributed by atoms with van der Waals surface area (Å²) in [5.74, 6) is 0.876. The van der Waals surface area contributed by atoms with E-state index in [1.54, 1.807) is 12.0 Å². The SMILES string of the molecule is COc1ccc2oc(C(=O)N3CCC(C(=O)Nc4ccccc4)CC3)c(C)c2c1. The fourth-order valence-corrected chi connectivity index (χ4v) is 3.79. The van der Waals surface area contributed by atoms with E-state index in [0.717, 1.165) is 22.4 Å². The maximum absolute atomic E-state index is 13.0. The first kappa shape index (κ1) is 19.1. The summed E-state index contributed by atoms with van der Waals surface area (Å²) in [6.45, 7) is 2.95. The second-order valence-electron chi connectivity index (χ2n) is 7.34. The second kappa shape index (κ2) is 7.99. The van der Waals surface area contributed by atoms with Gasteiger partial charge in [-0.2, -0.15) is 0 Å². The number of hydrogen-bond acceptors (Lipinski definition) is 4. The van der Waals surface area contributed by atoms with Crippen molar-refractivity contribution < 1.29 is 18.7 Å². The Kier molecular flexibility index (Phi) is 5.25. The molecule has 1 N–H and O–H groups in total. The monoisotopic (exact) mass is 392 g/mol. The molecule has 6 nitrogen and oxygen atoms in total. The lowest BCUT2D eigenvalue weighted by molar-refractivity contribution is -0.121. The zero-order valence-electron chi connectivity index (χ0n) is 16.6. The number of methoxy groups -OCH3 is 1. The summed E-state index contributed by atoms with van der Waals surface area (Å²) in [5, 5.41) is 3.83. The maximum Gasteiger partial charge on any atom is 0.289 e. The third-order valence-electron chi connectivity index (χ3n) is 5.53. The molecular formula is C23H24N2O4. The molecule has 0 radical (unpaired) electrons. The van der Waals surface area contributed by atoms with Gasteiger partial charge in [0.15, 0.2) is 5.76 Å². The number of benzene rings is 2. The van der Waals surface area contributed by atoms with Crippen LogP contribution in [0, 0.1) is 12.8 Å². The number of likely N-dealkylation sites (tertiary alicyclic amines) is 1. The number of amides is 2. The minimum Gasteiger partial charge on any atom is -0.497 e. The number of anilines is 1. The van der Waals surface area contributed by atoms with Gasteiger partial charge < -0.3 is 19.4 Å². The van der Waals surface area contributed by atoms with Crippen LogP contribution in [0.5, 0.6) is 5.75 Å². The molecule has 4 rings (SSSR count). The zero-order chi connectivity index (χ0) is 20.4. The van der Waals surface area contributed by atoms with Crippen molar-refractivity contribution >= 4 is 28.5 Å². The number of carbonyl (C=O) groups is 2. The van der Waals surface area contributed by atoms with Crippen LogP contribution in [0.1, 0.15) is 29.0 Å². The van der Waals surface area contributed by atoms with Crippen molar-refractivity contribution in [1.29, 1.82) is 0 Å². The Hall–Kier alpha value is -3.28. The number of para-hydroxylation sites is 1. The smallest absolute Gasteiger partial charge is 0.289 e. The second-order valence-corrected chi connectivity index (χ2v) is 7.34. The van der Waals surface area contributed by atoms with Crippen molar-refractivity contribution in [2.45, 2.75) is 19.8 Å². The van der Waals surface area contributed by atoms with Crippen molar-refractivity contribution in [1.82, 2.24) is 4.90 Å². The number of carbonyl (C=O) groups excluding carboxylic acids is 2. The number of rotatable bonds is 4. The molecule has 1 aliphatic heterocycles. The summed E-state index contributed by atoms with van der Waals surface area (Å²) in [6, 6.07) is 14.9. The number of hydrogen-bond donors (Lipinski definition) is 1. The number of fused-ring (bicyclic) bond motifs is 1. The highest BCUT2D eigenvalue weighted by Gasteiger charge is 2.30. The molecule has 1 fully saturated rings. The van der Waals surface area contributed by atoms with E-state index in [1.165, 1.54) is 0 Å². The number of nitrogens with one attached hydrogen (secondary N) is 1. The Morgan fingerprint density at radius 1 is 1.10 bits per heavy atom. The first-order valence-electron chi connectivity index (χ1n) is 9.79. The molecule has 1 aromatic heterocycles. The highest BCUT2D eigenvalue weighted by Crippen LogP contribution is 2.30. The van der Waals surface area contributed by atoms with Crippen molar-refractivity contribution in [3.05, 3.63) is 59.9 Å². The highest BCUT2D eigenvalue weighted by molar-refractivity contribution is 5.99. The first-order chi connectivity index (χ1) is 14.1. The molecule has 3 aromatic rings. The van der Waals surface area contributed by atoms with Crippen LogP contribution in [0.3, 0.4) is 0 Å². The summed E-state index contributed by atoms with van der Waals surface area (Å²) in [5.41, 5.74) is 2.28. The van der Waals surface area contributed by atoms with Crippen molar-refractivity contribution in [3.8, 4) is 5.75 Å². The molecule has 2 amide bonds. The normalized spacial score (nSPS) is 14.8. The summed E-state index contributed by atoms with van der Waals surface area (Å²) < 4.78 is 11.1. The molecule has 2 heterocycles. The summed E-state index contributed by atoms with van der Waals surface area (Å²) in [6.07, 6.45) is 1.27. The van der Waals surface area contributed by atoms with Crippen LogP contribution in [-0.4, -0.2) is 36.9 Å². The molecular weight excluding hydrogens is 368 g/mol. The molecule has 150 valence electrons. The number of aryl methyl sites for hydroxylation is 1. The molecule has 29 heavy (non-hydrogen) atoms. The van der Waals surface area contributed by atoms with Crippen molar-refractivity contribution in [2.75, 3.05) is 25.5 Å². The van der Waals surface area contributed by atoms with Crippen LogP contribution in [0.4, 0.5) is 5.69 Å². The van der Waals surface area contributed by atoms with Crippen LogP contribution in [0.15, 0.2) is 52.9 Å². The summed E-state index contributed by atoms with van der Waals surface area (Å²) >= 11 is 0. The van der Waals surface area contributed by atoms with Gasteiger partial charge >= 0.3 is 0 Å². The topological polar surface area (TPSA) is 71.8 Å². The first-order valence-corrected chi connectivity index (χ1v) is 9.79. The Balaban J connectivity index is 1.42. The van der Waals surface area contributed by atoms with E-state index >= 15 is 0 Å². The number of furan rings is 1. The van der Waals surface area contributed by atoms with Crippen molar-refractivity contribution in [3.63, 3.8) is 0 Å². The predicted molar refractivity (Wildman–Crippen MR) is 111 cm³/mol. The summed E-state index contributed by atoms with van der Waals surface area (Å²) in [7, 11) is 1.61. The summed E-state index contributed by atoms with van der Waals surface area (Å²) in [4.78, 5) is 27.3. The molecule has 0 bridgehead atoms. The molecule has 1 aliphatic rings. The van der Waals surface area contributed by atoms with E-state index in [0.29, 0.717) is 37.3 Å². The molecule has 0 saturated carbocycles. The van der Waals surface area contributed by atoms with Gasteiger partial charge in [-0.1, -0.05) is 18.2 Å². The van der Waals surface area contributed by atoms with Gasteiger partial charge in [-0.05, 0) is 50.1 Å². The van der Waals surface area contributed by atoms with Gasteiger partial charge in [0.25, 0.3) is 5.91 Å². The third kappa shape index (κ3) is 3.83. The Bertz CT molecular complexity index is 1030. The molecule has 0 unspecified atom stereocenters. The van der Waals surface area contributed by atoms with Crippen LogP contribution in [0.25, 0.3) is 11.0 Å². The van der Waals surface area contributed by atoms with Gasteiger partial charge in [-0.3, -0.25) is 9.59 Å². The van der Waals surface area contributed by atoms with Gasteiger partial charge in [-0.25, -0.2) is 0 Å². The van der Waals surface area contributed by atoms with Crippen LogP contribution in [-0.2, 0) is 4.79 Å². The Labute approximate surface area is 169 Å². The van der Waals surface area contributed by atoms with Crippen LogP contribution >= 0.6 is 0 Å². The molecule has 2 aromatic carbocycles. The Morgan fingerprint density at radius 2 is 1.83 bits per heavy atom. The number of piperidine rings is 1. The van der Waals surface area contributed by atoms with E-state index < -0.39 is 0 Å². The fraction of sp³-hybridized carbons (Fsp3) is 0.304. The fourth-order valence-electron chi connectivity index (χ4n) is 3.79. The van der Waals surface area contributed by atoms with Gasteiger partial charge in [0.05, 0.1) is 7.11 Å². The predicted octanol–water partition coefficient (Wildman–Crippen LogP) is 4.24. The quantitative estimate of drug-likeness (QED) is 0.721. The lowest BCUT2D eigenvalue weighted by atomic mass is 9.95. The van der Waals surface area contributed by atoms with E-state index in [4.69, 9.17) is 9.15 Å². The van der Waals surface area contributed by atoms with Crippen LogP contribution in [0.2, 0.25) is 0 Å². The lowest BCUT2D eigenvalue weighted by Crippen LogP contribution is -2.41. The van der Waals surface area contributed by atoms with Crippen LogP contribution < -0.4 is 10.1 Å².